The summed E-state index contributed by atoms with van der Waals surface area (Å²) in [4.78, 5) is 16.8. The summed E-state index contributed by atoms with van der Waals surface area (Å²) < 4.78 is 5.32. The summed E-state index contributed by atoms with van der Waals surface area (Å²) in [5.74, 6) is 0. The van der Waals surface area contributed by atoms with Crippen LogP contribution in [-0.4, -0.2) is 57.0 Å². The number of hydrogen-bond acceptors (Lipinski definition) is 5. The summed E-state index contributed by atoms with van der Waals surface area (Å²) >= 11 is 1.28. The number of aryl methyl sites for hydroxylation is 1. The summed E-state index contributed by atoms with van der Waals surface area (Å²) in [6, 6.07) is 6.52. The summed E-state index contributed by atoms with van der Waals surface area (Å²) in [6.45, 7) is 12.5. The molecule has 4 nitrogen and oxygen atoms in total. The van der Waals surface area contributed by atoms with Crippen molar-refractivity contribution in [2.75, 3.05) is 51.3 Å². The Labute approximate surface area is 156 Å². The van der Waals surface area contributed by atoms with Gasteiger partial charge in [0.05, 0.1) is 18.9 Å². The van der Waals surface area contributed by atoms with Crippen molar-refractivity contribution in [2.24, 2.45) is 5.41 Å². The molecule has 2 saturated heterocycles. The van der Waals surface area contributed by atoms with Crippen LogP contribution in [0.4, 0.5) is 5.69 Å². The van der Waals surface area contributed by atoms with Gasteiger partial charge in [-0.05, 0) is 24.1 Å². The lowest BCUT2D eigenvalue weighted by molar-refractivity contribution is -0.187. The molecule has 1 aromatic rings. The van der Waals surface area contributed by atoms with Gasteiger partial charge in [0, 0.05) is 43.5 Å². The predicted molar refractivity (Wildman–Crippen MR) is 107 cm³/mol. The first-order valence-electron chi connectivity index (χ1n) is 9.40. The second-order valence-electron chi connectivity index (χ2n) is 6.89. The molecule has 1 aromatic carbocycles. The lowest BCUT2D eigenvalue weighted by atomic mass is 9.78. The zero-order chi connectivity index (χ0) is 18.3. The standard InChI is InChI=1S/C18H26N2O2S.C2H6/c1-3-4-15-5-6-16(17(9-15)23-14-21)19(2)7-8-20-10-18(11-20)12-22-13-18;1-2/h5-6,9,14H,3-4,7-8,10-13H2,1-2H3;1-2H3. The van der Waals surface area contributed by atoms with E-state index < -0.39 is 0 Å². The molecule has 0 bridgehead atoms. The highest BCUT2D eigenvalue weighted by Crippen LogP contribution is 2.37. The van der Waals surface area contributed by atoms with Gasteiger partial charge in [0.1, 0.15) is 0 Å². The fourth-order valence-corrected chi connectivity index (χ4v) is 4.18. The third kappa shape index (κ3) is 4.99. The van der Waals surface area contributed by atoms with E-state index in [4.69, 9.17) is 4.74 Å². The SMILES string of the molecule is CC.CCCc1ccc(N(C)CCN2CC3(COC3)C2)c(SC=O)c1. The topological polar surface area (TPSA) is 32.8 Å². The number of likely N-dealkylation sites (tertiary alicyclic amines) is 1. The first-order valence-corrected chi connectivity index (χ1v) is 10.3. The second kappa shape index (κ2) is 9.60. The maximum atomic E-state index is 11.0. The number of benzene rings is 1. The van der Waals surface area contributed by atoms with Crippen LogP contribution in [0.15, 0.2) is 23.1 Å². The van der Waals surface area contributed by atoms with E-state index in [9.17, 15) is 4.79 Å². The zero-order valence-corrected chi connectivity index (χ0v) is 16.9. The van der Waals surface area contributed by atoms with Gasteiger partial charge in [0.15, 0.2) is 5.62 Å². The van der Waals surface area contributed by atoms with Crippen molar-refractivity contribution >= 4 is 23.1 Å². The summed E-state index contributed by atoms with van der Waals surface area (Å²) in [7, 11) is 2.12. The molecule has 2 aliphatic rings. The van der Waals surface area contributed by atoms with Gasteiger partial charge < -0.3 is 14.5 Å². The Morgan fingerprint density at radius 3 is 2.60 bits per heavy atom. The van der Waals surface area contributed by atoms with Crippen molar-refractivity contribution in [3.05, 3.63) is 23.8 Å². The Morgan fingerprint density at radius 2 is 2.04 bits per heavy atom. The monoisotopic (exact) mass is 364 g/mol. The van der Waals surface area contributed by atoms with Crippen molar-refractivity contribution in [2.45, 2.75) is 38.5 Å². The molecular formula is C20H32N2O2S. The van der Waals surface area contributed by atoms with E-state index in [0.717, 1.165) is 55.3 Å². The van der Waals surface area contributed by atoms with Crippen molar-refractivity contribution in [1.82, 2.24) is 4.90 Å². The van der Waals surface area contributed by atoms with Gasteiger partial charge in [-0.3, -0.25) is 4.79 Å². The largest absolute Gasteiger partial charge is 0.380 e. The number of carbonyl (C=O) groups is 1. The highest BCUT2D eigenvalue weighted by atomic mass is 32.2. The van der Waals surface area contributed by atoms with Gasteiger partial charge in [0.25, 0.3) is 0 Å². The highest BCUT2D eigenvalue weighted by Gasteiger charge is 2.48. The van der Waals surface area contributed by atoms with Crippen LogP contribution in [0.1, 0.15) is 32.8 Å². The number of rotatable bonds is 8. The number of thioether (sulfide) groups is 1. The highest BCUT2D eigenvalue weighted by molar-refractivity contribution is 8.12. The van der Waals surface area contributed by atoms with Crippen LogP contribution in [-0.2, 0) is 16.0 Å². The molecule has 5 heteroatoms. The van der Waals surface area contributed by atoms with E-state index in [1.807, 2.05) is 13.8 Å². The smallest absolute Gasteiger partial charge is 0.181 e. The molecule has 0 unspecified atom stereocenters. The molecule has 2 aliphatic heterocycles. The van der Waals surface area contributed by atoms with Crippen LogP contribution in [0.25, 0.3) is 0 Å². The van der Waals surface area contributed by atoms with Crippen LogP contribution in [0.3, 0.4) is 0 Å². The number of likely N-dealkylation sites (N-methyl/N-ethyl adjacent to an activating group) is 1. The first-order chi connectivity index (χ1) is 12.2. The molecule has 2 heterocycles. The van der Waals surface area contributed by atoms with Crippen LogP contribution in [0.2, 0.25) is 0 Å². The van der Waals surface area contributed by atoms with Crippen molar-refractivity contribution in [1.29, 1.82) is 0 Å². The van der Waals surface area contributed by atoms with E-state index in [1.165, 1.54) is 30.4 Å². The van der Waals surface area contributed by atoms with Gasteiger partial charge in [-0.25, -0.2) is 0 Å². The Balaban J connectivity index is 0.00000109. The van der Waals surface area contributed by atoms with E-state index in [1.54, 1.807) is 0 Å². The number of anilines is 1. The van der Waals surface area contributed by atoms with E-state index >= 15 is 0 Å². The molecule has 25 heavy (non-hydrogen) atoms. The zero-order valence-electron chi connectivity index (χ0n) is 16.1. The molecule has 3 rings (SSSR count). The molecule has 0 radical (unpaired) electrons. The van der Waals surface area contributed by atoms with E-state index in [-0.39, 0.29) is 0 Å². The van der Waals surface area contributed by atoms with Gasteiger partial charge in [-0.2, -0.15) is 0 Å². The first kappa shape index (κ1) is 20.3. The summed E-state index contributed by atoms with van der Waals surface area (Å²) in [5.41, 5.74) is 3.88. The average molecular weight is 365 g/mol. The van der Waals surface area contributed by atoms with Crippen molar-refractivity contribution in [3.8, 4) is 0 Å². The minimum atomic E-state index is 0.485. The van der Waals surface area contributed by atoms with Gasteiger partial charge in [0.2, 0.25) is 0 Å². The van der Waals surface area contributed by atoms with Crippen molar-refractivity contribution < 1.29 is 9.53 Å². The Bertz CT molecular complexity index is 553. The molecule has 140 valence electrons. The van der Waals surface area contributed by atoms with E-state index in [2.05, 4.69) is 42.0 Å². The summed E-state index contributed by atoms with van der Waals surface area (Å²) in [6.07, 6.45) is 2.19. The van der Waals surface area contributed by atoms with Crippen LogP contribution < -0.4 is 4.90 Å². The molecule has 0 amide bonds. The lowest BCUT2D eigenvalue weighted by Crippen LogP contribution is -2.66. The minimum absolute atomic E-state index is 0.485. The fraction of sp³-hybridized carbons (Fsp3) is 0.650. The van der Waals surface area contributed by atoms with Crippen LogP contribution in [0.5, 0.6) is 0 Å². The molecule has 2 fully saturated rings. The lowest BCUT2D eigenvalue weighted by Gasteiger charge is -2.55. The second-order valence-corrected chi connectivity index (χ2v) is 7.76. The van der Waals surface area contributed by atoms with Crippen LogP contribution in [0, 0.1) is 5.41 Å². The maximum absolute atomic E-state index is 11.0. The number of carbonyl (C=O) groups excluding carboxylic acids is 1. The number of ether oxygens (including phenoxy) is 1. The average Bonchev–Trinajstić information content (AvgIpc) is 2.54. The fourth-order valence-electron chi connectivity index (χ4n) is 3.51. The Morgan fingerprint density at radius 1 is 1.32 bits per heavy atom. The van der Waals surface area contributed by atoms with Gasteiger partial charge in [-0.1, -0.05) is 45.0 Å². The van der Waals surface area contributed by atoms with Crippen molar-refractivity contribution in [3.63, 3.8) is 0 Å². The molecule has 0 aromatic heterocycles. The quantitative estimate of drug-likeness (QED) is 0.519. The molecule has 0 N–H and O–H groups in total. The predicted octanol–water partition coefficient (Wildman–Crippen LogP) is 3.72. The van der Waals surface area contributed by atoms with Gasteiger partial charge in [-0.15, -0.1) is 0 Å². The van der Waals surface area contributed by atoms with Gasteiger partial charge >= 0.3 is 0 Å². The minimum Gasteiger partial charge on any atom is -0.380 e. The molecule has 0 aliphatic carbocycles. The molecular weight excluding hydrogens is 332 g/mol. The van der Waals surface area contributed by atoms with E-state index in [0.29, 0.717) is 5.41 Å². The van der Waals surface area contributed by atoms with Crippen LogP contribution >= 0.6 is 11.8 Å². The Hall–Kier alpha value is -1.04. The number of nitrogens with zero attached hydrogens (tertiary/aromatic N) is 2. The third-order valence-corrected chi connectivity index (χ3v) is 5.51. The molecule has 1 spiro atoms. The number of hydrogen-bond donors (Lipinski definition) is 0. The molecule has 0 atom stereocenters. The maximum Gasteiger partial charge on any atom is 0.181 e. The summed E-state index contributed by atoms with van der Waals surface area (Å²) in [5, 5.41) is 0. The molecule has 0 saturated carbocycles. The Kier molecular flexibility index (Phi) is 7.79. The normalized spacial score (nSPS) is 17.9. The third-order valence-electron chi connectivity index (χ3n) is 4.84.